The highest BCUT2D eigenvalue weighted by Gasteiger charge is 2.42. The molecule has 3 aliphatic rings. The van der Waals surface area contributed by atoms with Gasteiger partial charge in [-0.25, -0.2) is 4.98 Å². The molecule has 0 unspecified atom stereocenters. The van der Waals surface area contributed by atoms with E-state index in [1.807, 2.05) is 6.92 Å². The van der Waals surface area contributed by atoms with Crippen molar-refractivity contribution in [2.24, 2.45) is 23.7 Å². The van der Waals surface area contributed by atoms with Crippen LogP contribution in [0, 0.1) is 30.6 Å². The van der Waals surface area contributed by atoms with E-state index in [2.05, 4.69) is 27.8 Å². The van der Waals surface area contributed by atoms with E-state index in [1.54, 1.807) is 11.3 Å². The summed E-state index contributed by atoms with van der Waals surface area (Å²) < 4.78 is 0. The lowest BCUT2D eigenvalue weighted by molar-refractivity contribution is -0.126. The van der Waals surface area contributed by atoms with E-state index in [1.165, 1.54) is 19.3 Å². The van der Waals surface area contributed by atoms with E-state index in [4.69, 9.17) is 0 Å². The minimum absolute atomic E-state index is 0.157. The first-order valence-electron chi connectivity index (χ1n) is 7.61. The molecule has 4 atom stereocenters. The van der Waals surface area contributed by atoms with Gasteiger partial charge < -0.3 is 5.32 Å². The van der Waals surface area contributed by atoms with Crippen LogP contribution >= 0.6 is 11.3 Å². The largest absolute Gasteiger partial charge is 0.346 e. The van der Waals surface area contributed by atoms with E-state index in [9.17, 15) is 4.79 Å². The maximum absolute atomic E-state index is 12.6. The van der Waals surface area contributed by atoms with Crippen molar-refractivity contribution in [3.05, 3.63) is 28.2 Å². The molecular formula is C16H20N2OS. The Hall–Kier alpha value is -1.16. The summed E-state index contributed by atoms with van der Waals surface area (Å²) in [7, 11) is 0. The maximum atomic E-state index is 12.6. The number of thiazole rings is 1. The summed E-state index contributed by atoms with van der Waals surface area (Å²) >= 11 is 1.69. The second-order valence-electron chi connectivity index (χ2n) is 6.54. The Labute approximate surface area is 123 Å². The Morgan fingerprint density at radius 3 is 2.80 bits per heavy atom. The summed E-state index contributed by atoms with van der Waals surface area (Å²) in [6.07, 6.45) is 9.21. The van der Waals surface area contributed by atoms with Crippen LogP contribution in [-0.4, -0.2) is 10.9 Å². The van der Waals surface area contributed by atoms with Gasteiger partial charge in [-0.3, -0.25) is 4.79 Å². The molecule has 106 valence electrons. The van der Waals surface area contributed by atoms with Gasteiger partial charge in [0.15, 0.2) is 0 Å². The number of rotatable bonds is 4. The van der Waals surface area contributed by atoms with Gasteiger partial charge in [-0.05, 0) is 50.4 Å². The van der Waals surface area contributed by atoms with Gasteiger partial charge in [0, 0.05) is 17.0 Å². The lowest BCUT2D eigenvalue weighted by Crippen LogP contribution is -2.36. The van der Waals surface area contributed by atoms with Crippen LogP contribution in [0.15, 0.2) is 17.5 Å². The first-order valence-corrected chi connectivity index (χ1v) is 8.49. The van der Waals surface area contributed by atoms with Crippen molar-refractivity contribution in [3.63, 3.8) is 0 Å². The molecule has 3 nitrogen and oxygen atoms in total. The molecule has 0 aromatic carbocycles. The molecule has 1 N–H and O–H groups in total. The molecule has 1 aromatic rings. The highest BCUT2D eigenvalue weighted by Crippen LogP contribution is 2.45. The summed E-state index contributed by atoms with van der Waals surface area (Å²) in [6.45, 7) is 2.02. The number of amides is 1. The van der Waals surface area contributed by atoms with Gasteiger partial charge in [-0.2, -0.15) is 0 Å². The van der Waals surface area contributed by atoms with E-state index < -0.39 is 0 Å². The number of fused-ring (bicyclic) bond motifs is 2. The topological polar surface area (TPSA) is 42.0 Å². The van der Waals surface area contributed by atoms with Crippen molar-refractivity contribution >= 4 is 17.2 Å². The van der Waals surface area contributed by atoms with E-state index >= 15 is 0 Å². The van der Waals surface area contributed by atoms with Crippen LogP contribution in [0.4, 0.5) is 0 Å². The minimum Gasteiger partial charge on any atom is -0.346 e. The second-order valence-corrected chi connectivity index (χ2v) is 7.43. The van der Waals surface area contributed by atoms with Crippen molar-refractivity contribution in [1.29, 1.82) is 0 Å². The van der Waals surface area contributed by atoms with Crippen LogP contribution in [0.1, 0.15) is 42.4 Å². The monoisotopic (exact) mass is 288 g/mol. The van der Waals surface area contributed by atoms with E-state index in [0.717, 1.165) is 17.1 Å². The molecule has 0 saturated heterocycles. The van der Waals surface area contributed by atoms with Gasteiger partial charge in [0.05, 0.1) is 6.04 Å². The fourth-order valence-electron chi connectivity index (χ4n) is 3.67. The SMILES string of the molecule is Cc1csc([C@H](NC(=O)[C@@H]2C[C@H]3C=C[C@H]2C3)C2CC2)n1. The first kappa shape index (κ1) is 12.6. The zero-order chi connectivity index (χ0) is 13.7. The Balaban J connectivity index is 1.48. The van der Waals surface area contributed by atoms with Crippen LogP contribution < -0.4 is 5.32 Å². The predicted octanol–water partition coefficient (Wildman–Crippen LogP) is 3.23. The number of nitrogens with zero attached hydrogens (tertiary/aromatic N) is 1. The van der Waals surface area contributed by atoms with Crippen LogP contribution in [0.25, 0.3) is 0 Å². The zero-order valence-electron chi connectivity index (χ0n) is 11.7. The van der Waals surface area contributed by atoms with Gasteiger partial charge >= 0.3 is 0 Å². The summed E-state index contributed by atoms with van der Waals surface area (Å²) in [5.41, 5.74) is 1.06. The molecule has 20 heavy (non-hydrogen) atoms. The average molecular weight is 288 g/mol. The molecule has 0 radical (unpaired) electrons. The van der Waals surface area contributed by atoms with Gasteiger partial charge in [0.25, 0.3) is 0 Å². The van der Waals surface area contributed by atoms with Crippen molar-refractivity contribution in [2.75, 3.05) is 0 Å². The molecule has 2 fully saturated rings. The molecule has 2 saturated carbocycles. The minimum atomic E-state index is 0.157. The number of hydrogen-bond donors (Lipinski definition) is 1. The van der Waals surface area contributed by atoms with Gasteiger partial charge in [-0.1, -0.05) is 12.2 Å². The van der Waals surface area contributed by atoms with Crippen LogP contribution in [0.3, 0.4) is 0 Å². The first-order chi connectivity index (χ1) is 9.70. The quantitative estimate of drug-likeness (QED) is 0.864. The standard InChI is InChI=1S/C16H20N2OS/c1-9-8-20-16(17-9)14(11-4-5-11)18-15(19)13-7-10-2-3-12(13)6-10/h2-3,8,10-14H,4-7H2,1H3,(H,18,19)/t10-,12-,13+,14+/m0/s1. The predicted molar refractivity (Wildman–Crippen MR) is 79.3 cm³/mol. The summed E-state index contributed by atoms with van der Waals surface area (Å²) in [4.78, 5) is 17.2. The fraction of sp³-hybridized carbons (Fsp3) is 0.625. The number of aromatic nitrogens is 1. The number of allylic oxidation sites excluding steroid dienone is 2. The molecule has 1 amide bonds. The lowest BCUT2D eigenvalue weighted by Gasteiger charge is -2.22. The molecular weight excluding hydrogens is 268 g/mol. The molecule has 0 spiro atoms. The molecule has 4 heteroatoms. The van der Waals surface area contributed by atoms with Gasteiger partial charge in [0.2, 0.25) is 5.91 Å². The molecule has 1 heterocycles. The second kappa shape index (κ2) is 4.69. The van der Waals surface area contributed by atoms with E-state index in [-0.39, 0.29) is 17.9 Å². The average Bonchev–Trinajstić information content (AvgIpc) is 2.86. The third-order valence-electron chi connectivity index (χ3n) is 4.91. The van der Waals surface area contributed by atoms with Crippen molar-refractivity contribution in [3.8, 4) is 0 Å². The maximum Gasteiger partial charge on any atom is 0.224 e. The summed E-state index contributed by atoms with van der Waals surface area (Å²) in [5.74, 6) is 2.20. The third-order valence-corrected chi connectivity index (χ3v) is 5.96. The van der Waals surface area contributed by atoms with Crippen LogP contribution in [0.2, 0.25) is 0 Å². The van der Waals surface area contributed by atoms with Crippen molar-refractivity contribution in [2.45, 2.75) is 38.6 Å². The molecule has 3 aliphatic carbocycles. The summed E-state index contributed by atoms with van der Waals surface area (Å²) in [6, 6.07) is 0.157. The number of hydrogen-bond acceptors (Lipinski definition) is 3. The number of carbonyl (C=O) groups excluding carboxylic acids is 1. The summed E-state index contributed by atoms with van der Waals surface area (Å²) in [5, 5.41) is 6.49. The number of aryl methyl sites for hydroxylation is 1. The zero-order valence-corrected chi connectivity index (χ0v) is 12.5. The molecule has 4 rings (SSSR count). The Morgan fingerprint density at radius 2 is 2.25 bits per heavy atom. The third kappa shape index (κ3) is 2.20. The van der Waals surface area contributed by atoms with Gasteiger partial charge in [-0.15, -0.1) is 11.3 Å². The highest BCUT2D eigenvalue weighted by molar-refractivity contribution is 7.09. The molecule has 0 aliphatic heterocycles. The van der Waals surface area contributed by atoms with Crippen LogP contribution in [0.5, 0.6) is 0 Å². The van der Waals surface area contributed by atoms with Gasteiger partial charge in [0.1, 0.15) is 5.01 Å². The normalized spacial score (nSPS) is 32.5. The Kier molecular flexibility index (Phi) is 2.95. The van der Waals surface area contributed by atoms with Crippen molar-refractivity contribution < 1.29 is 4.79 Å². The molecule has 1 aromatic heterocycles. The van der Waals surface area contributed by atoms with Crippen molar-refractivity contribution in [1.82, 2.24) is 10.3 Å². The van der Waals surface area contributed by atoms with E-state index in [0.29, 0.717) is 17.8 Å². The Bertz CT molecular complexity index is 561. The number of carbonyl (C=O) groups is 1. The van der Waals surface area contributed by atoms with Crippen LogP contribution in [-0.2, 0) is 4.79 Å². The smallest absolute Gasteiger partial charge is 0.224 e. The Morgan fingerprint density at radius 1 is 1.40 bits per heavy atom. The fourth-order valence-corrected chi connectivity index (χ4v) is 4.61. The highest BCUT2D eigenvalue weighted by atomic mass is 32.1. The lowest BCUT2D eigenvalue weighted by atomic mass is 9.92. The molecule has 2 bridgehead atoms. The number of nitrogens with one attached hydrogen (secondary N) is 1.